The number of rotatable bonds is 8. The van der Waals surface area contributed by atoms with Crippen LogP contribution in [0.15, 0.2) is 54.6 Å². The molecule has 1 saturated heterocycles. The minimum absolute atomic E-state index is 0.0593. The number of esters is 1. The van der Waals surface area contributed by atoms with E-state index < -0.39 is 17.0 Å². The van der Waals surface area contributed by atoms with Gasteiger partial charge in [-0.2, -0.15) is 0 Å². The Bertz CT molecular complexity index is 830. The van der Waals surface area contributed by atoms with Crippen molar-refractivity contribution in [1.29, 1.82) is 0 Å². The lowest BCUT2D eigenvalue weighted by Crippen LogP contribution is -3.20. The molecular formula is C23H29N2O5+. The number of quaternary nitrogens is 1. The van der Waals surface area contributed by atoms with Crippen LogP contribution in [0.25, 0.3) is 0 Å². The van der Waals surface area contributed by atoms with E-state index in [0.29, 0.717) is 24.2 Å². The van der Waals surface area contributed by atoms with Crippen molar-refractivity contribution < 1.29 is 24.1 Å². The fraction of sp³-hybridized carbons (Fsp3) is 0.435. The number of nitro groups is 1. The summed E-state index contributed by atoms with van der Waals surface area (Å²) in [6, 6.07) is 15.9. The Hall–Kier alpha value is -2.93. The zero-order chi connectivity index (χ0) is 21.5. The predicted octanol–water partition coefficient (Wildman–Crippen LogP) is 3.05. The van der Waals surface area contributed by atoms with Crippen LogP contribution in [0.5, 0.6) is 5.75 Å². The number of non-ortho nitro benzene ring substituents is 1. The van der Waals surface area contributed by atoms with Crippen molar-refractivity contribution in [3.63, 3.8) is 0 Å². The number of ether oxygens (including phenoxy) is 2. The minimum Gasteiger partial charge on any atom is -0.489 e. The molecule has 0 radical (unpaired) electrons. The highest BCUT2D eigenvalue weighted by atomic mass is 16.6. The van der Waals surface area contributed by atoms with Crippen LogP contribution in [0.3, 0.4) is 0 Å². The Balaban J connectivity index is 1.70. The van der Waals surface area contributed by atoms with Crippen LogP contribution in [-0.2, 0) is 4.74 Å². The molecule has 7 nitrogen and oxygen atoms in total. The van der Waals surface area contributed by atoms with Crippen LogP contribution in [0.2, 0.25) is 0 Å². The Labute approximate surface area is 176 Å². The lowest BCUT2D eigenvalue weighted by Gasteiger charge is -2.37. The maximum Gasteiger partial charge on any atom is 0.338 e. The van der Waals surface area contributed by atoms with Gasteiger partial charge in [0.2, 0.25) is 0 Å². The van der Waals surface area contributed by atoms with Crippen molar-refractivity contribution in [3.05, 3.63) is 70.3 Å². The summed E-state index contributed by atoms with van der Waals surface area (Å²) in [6.07, 6.45) is 3.11. The average Bonchev–Trinajstić information content (AvgIpc) is 2.75. The number of nitrogens with one attached hydrogen (secondary N) is 1. The summed E-state index contributed by atoms with van der Waals surface area (Å²) < 4.78 is 11.7. The van der Waals surface area contributed by atoms with Gasteiger partial charge in [0.25, 0.3) is 5.69 Å². The number of para-hydroxylation sites is 1. The molecule has 0 aliphatic carbocycles. The van der Waals surface area contributed by atoms with E-state index in [2.05, 4.69) is 13.8 Å². The molecule has 0 bridgehead atoms. The van der Waals surface area contributed by atoms with Crippen molar-refractivity contribution in [2.24, 2.45) is 0 Å². The molecule has 1 fully saturated rings. The summed E-state index contributed by atoms with van der Waals surface area (Å²) >= 11 is 0. The predicted molar refractivity (Wildman–Crippen MR) is 113 cm³/mol. The molecule has 1 unspecified atom stereocenters. The number of piperidine rings is 1. The molecule has 0 saturated carbocycles. The smallest absolute Gasteiger partial charge is 0.338 e. The summed E-state index contributed by atoms with van der Waals surface area (Å²) in [5.74, 6) is 0.229. The maximum absolute atomic E-state index is 12.7. The van der Waals surface area contributed by atoms with E-state index in [-0.39, 0.29) is 12.3 Å². The largest absolute Gasteiger partial charge is 0.489 e. The quantitative estimate of drug-likeness (QED) is 0.409. The first-order chi connectivity index (χ1) is 14.4. The number of hydrogen-bond donors (Lipinski definition) is 1. The summed E-state index contributed by atoms with van der Waals surface area (Å²) in [4.78, 5) is 24.5. The number of likely N-dealkylation sites (tertiary alicyclic amines) is 1. The Morgan fingerprint density at radius 1 is 1.10 bits per heavy atom. The van der Waals surface area contributed by atoms with Crippen molar-refractivity contribution in [2.45, 2.75) is 51.3 Å². The Kier molecular flexibility index (Phi) is 7.41. The van der Waals surface area contributed by atoms with Crippen LogP contribution < -0.4 is 9.64 Å². The van der Waals surface area contributed by atoms with Gasteiger partial charge in [-0.1, -0.05) is 18.2 Å². The molecule has 1 aliphatic rings. The van der Waals surface area contributed by atoms with Gasteiger partial charge >= 0.3 is 5.97 Å². The third-order valence-corrected chi connectivity index (χ3v) is 5.77. The van der Waals surface area contributed by atoms with Crippen molar-refractivity contribution in [1.82, 2.24) is 0 Å². The summed E-state index contributed by atoms with van der Waals surface area (Å²) in [5.41, 5.74) is 0.232. The minimum atomic E-state index is -0.497. The van der Waals surface area contributed by atoms with Crippen LogP contribution in [-0.4, -0.2) is 42.2 Å². The lowest BCUT2D eigenvalue weighted by molar-refractivity contribution is -0.953. The molecule has 1 N–H and O–H groups in total. The monoisotopic (exact) mass is 413 g/mol. The van der Waals surface area contributed by atoms with Gasteiger partial charge in [-0.3, -0.25) is 10.1 Å². The fourth-order valence-corrected chi connectivity index (χ4v) is 4.03. The fourth-order valence-electron chi connectivity index (χ4n) is 4.03. The second kappa shape index (κ2) is 10.2. The van der Waals surface area contributed by atoms with Gasteiger partial charge in [0.15, 0.2) is 6.10 Å². The standard InChI is InChI=1S/C23H28N2O5/c1-17-7-6-8-18(2)24(17)15-22(16-29-21-9-4-3-5-10-21)30-23(26)19-11-13-20(14-12-19)25(27)28/h3-5,9-14,17-18,22H,6-8,15-16H2,1-2H3/p+1/t17-,18+,22-/m0/s1. The van der Waals surface area contributed by atoms with Gasteiger partial charge in [-0.05, 0) is 57.4 Å². The van der Waals surface area contributed by atoms with E-state index in [1.165, 1.54) is 35.6 Å². The first-order valence-corrected chi connectivity index (χ1v) is 10.4. The van der Waals surface area contributed by atoms with Gasteiger partial charge in [0.1, 0.15) is 18.9 Å². The summed E-state index contributed by atoms with van der Waals surface area (Å²) in [5, 5.41) is 10.8. The molecule has 0 aromatic heterocycles. The van der Waals surface area contributed by atoms with E-state index >= 15 is 0 Å². The van der Waals surface area contributed by atoms with Crippen molar-refractivity contribution in [3.8, 4) is 5.75 Å². The second-order valence-electron chi connectivity index (χ2n) is 7.97. The number of hydrogen-bond acceptors (Lipinski definition) is 5. The van der Waals surface area contributed by atoms with Crippen molar-refractivity contribution in [2.75, 3.05) is 13.2 Å². The molecule has 2 aromatic rings. The normalized spacial score (nSPS) is 22.1. The highest BCUT2D eigenvalue weighted by molar-refractivity contribution is 5.89. The van der Waals surface area contributed by atoms with Crippen LogP contribution in [0.4, 0.5) is 5.69 Å². The number of nitro benzene ring substituents is 1. The van der Waals surface area contributed by atoms with Gasteiger partial charge in [-0.25, -0.2) is 4.79 Å². The van der Waals surface area contributed by atoms with Gasteiger partial charge < -0.3 is 14.4 Å². The van der Waals surface area contributed by atoms with E-state index in [1.54, 1.807) is 0 Å². The van der Waals surface area contributed by atoms with Gasteiger partial charge in [0.05, 0.1) is 22.6 Å². The molecule has 7 heteroatoms. The SMILES string of the molecule is C[C@@H]1CCC[C@H](C)[NH+]1C[C@@H](COc1ccccc1)OC(=O)c1ccc([N+](=O)[O-])cc1. The molecule has 30 heavy (non-hydrogen) atoms. The molecule has 2 aromatic carbocycles. The van der Waals surface area contributed by atoms with Crippen LogP contribution in [0, 0.1) is 10.1 Å². The molecule has 3 rings (SSSR count). The topological polar surface area (TPSA) is 83.1 Å². The summed E-state index contributed by atoms with van der Waals surface area (Å²) in [7, 11) is 0. The molecule has 0 spiro atoms. The molecule has 0 amide bonds. The second-order valence-corrected chi connectivity index (χ2v) is 7.97. The molecule has 160 valence electrons. The Morgan fingerprint density at radius 3 is 2.33 bits per heavy atom. The van der Waals surface area contributed by atoms with Crippen LogP contribution >= 0.6 is 0 Å². The number of benzene rings is 2. The zero-order valence-electron chi connectivity index (χ0n) is 17.5. The Morgan fingerprint density at radius 2 is 1.73 bits per heavy atom. The highest BCUT2D eigenvalue weighted by Gasteiger charge is 2.32. The third kappa shape index (κ3) is 5.79. The zero-order valence-corrected chi connectivity index (χ0v) is 17.5. The molecular weight excluding hydrogens is 384 g/mol. The number of carbonyl (C=O) groups is 1. The average molecular weight is 413 g/mol. The van der Waals surface area contributed by atoms with E-state index in [9.17, 15) is 14.9 Å². The first kappa shape index (κ1) is 21.8. The molecule has 1 aliphatic heterocycles. The highest BCUT2D eigenvalue weighted by Crippen LogP contribution is 2.15. The summed E-state index contributed by atoms with van der Waals surface area (Å²) in [6.45, 7) is 5.38. The third-order valence-electron chi connectivity index (χ3n) is 5.77. The lowest BCUT2D eigenvalue weighted by atomic mass is 9.97. The molecule has 1 heterocycles. The van der Waals surface area contributed by atoms with Crippen molar-refractivity contribution >= 4 is 11.7 Å². The van der Waals surface area contributed by atoms with E-state index in [1.807, 2.05) is 30.3 Å². The van der Waals surface area contributed by atoms with Gasteiger partial charge in [-0.15, -0.1) is 0 Å². The first-order valence-electron chi connectivity index (χ1n) is 10.4. The van der Waals surface area contributed by atoms with Crippen LogP contribution in [0.1, 0.15) is 43.5 Å². The maximum atomic E-state index is 12.7. The number of carbonyl (C=O) groups excluding carboxylic acids is 1. The van der Waals surface area contributed by atoms with E-state index in [4.69, 9.17) is 9.47 Å². The molecule has 4 atom stereocenters. The van der Waals surface area contributed by atoms with E-state index in [0.717, 1.165) is 18.6 Å². The number of nitrogens with zero attached hydrogens (tertiary/aromatic N) is 1. The van der Waals surface area contributed by atoms with Gasteiger partial charge in [0, 0.05) is 12.1 Å².